The molecule has 0 aliphatic carbocycles. The Kier molecular flexibility index (Phi) is 5.78. The molecule has 0 amide bonds. The van der Waals surface area contributed by atoms with Crippen molar-refractivity contribution in [1.82, 2.24) is 9.97 Å². The van der Waals surface area contributed by atoms with Crippen LogP contribution in [0.3, 0.4) is 0 Å². The number of ether oxygens (including phenoxy) is 2. The molecule has 100 valence electrons. The molecule has 0 atom stereocenters. The van der Waals surface area contributed by atoms with Crippen LogP contribution in [0.1, 0.15) is 13.8 Å². The van der Waals surface area contributed by atoms with Gasteiger partial charge in [0.2, 0.25) is 5.82 Å². The predicted molar refractivity (Wildman–Crippen MR) is 64.8 cm³/mol. The van der Waals surface area contributed by atoms with Crippen LogP contribution in [0.4, 0.5) is 11.5 Å². The highest BCUT2D eigenvalue weighted by molar-refractivity contribution is 5.60. The number of nitrogens with one attached hydrogen (secondary N) is 1. The van der Waals surface area contributed by atoms with E-state index in [0.29, 0.717) is 19.8 Å². The van der Waals surface area contributed by atoms with Crippen molar-refractivity contribution in [3.8, 4) is 5.88 Å². The molecule has 0 aromatic carbocycles. The minimum atomic E-state index is -0.562. The SMILES string of the molecule is CCNc1ncnc(OCCOCC)c1[N+](=O)[O-]. The second-order valence-electron chi connectivity index (χ2n) is 3.21. The standard InChI is InChI=1S/C10H16N4O4/c1-3-11-9-8(14(15)16)10(13-7-12-9)18-6-5-17-4-2/h7H,3-6H2,1-2H3,(H,11,12,13). The van der Waals surface area contributed by atoms with Gasteiger partial charge in [0, 0.05) is 13.2 Å². The number of rotatable bonds is 8. The summed E-state index contributed by atoms with van der Waals surface area (Å²) in [6, 6.07) is 0. The highest BCUT2D eigenvalue weighted by Crippen LogP contribution is 2.30. The zero-order chi connectivity index (χ0) is 13.4. The van der Waals surface area contributed by atoms with Gasteiger partial charge in [-0.3, -0.25) is 10.1 Å². The van der Waals surface area contributed by atoms with Crippen molar-refractivity contribution >= 4 is 11.5 Å². The molecule has 0 radical (unpaired) electrons. The van der Waals surface area contributed by atoms with Gasteiger partial charge in [0.05, 0.1) is 11.5 Å². The number of hydrogen-bond donors (Lipinski definition) is 1. The Morgan fingerprint density at radius 3 is 2.78 bits per heavy atom. The molecule has 8 heteroatoms. The molecule has 0 saturated heterocycles. The minimum Gasteiger partial charge on any atom is -0.470 e. The first-order valence-corrected chi connectivity index (χ1v) is 5.64. The van der Waals surface area contributed by atoms with E-state index >= 15 is 0 Å². The molecule has 8 nitrogen and oxygen atoms in total. The normalized spacial score (nSPS) is 10.1. The average molecular weight is 256 g/mol. The van der Waals surface area contributed by atoms with Crippen LogP contribution in [0, 0.1) is 10.1 Å². The molecular formula is C10H16N4O4. The summed E-state index contributed by atoms with van der Waals surface area (Å²) in [5.74, 6) is 0.106. The Morgan fingerprint density at radius 1 is 1.39 bits per heavy atom. The Morgan fingerprint density at radius 2 is 2.17 bits per heavy atom. The second-order valence-corrected chi connectivity index (χ2v) is 3.21. The van der Waals surface area contributed by atoms with Gasteiger partial charge in [-0.25, -0.2) is 4.98 Å². The van der Waals surface area contributed by atoms with Crippen LogP contribution >= 0.6 is 0 Å². The van der Waals surface area contributed by atoms with Gasteiger partial charge in [0.25, 0.3) is 5.88 Å². The van der Waals surface area contributed by atoms with E-state index in [-0.39, 0.29) is 24.0 Å². The Balaban J connectivity index is 2.82. The fourth-order valence-corrected chi connectivity index (χ4v) is 1.27. The summed E-state index contributed by atoms with van der Waals surface area (Å²) in [6.45, 7) is 5.33. The molecule has 1 N–H and O–H groups in total. The van der Waals surface area contributed by atoms with E-state index in [9.17, 15) is 10.1 Å². The molecule has 0 spiro atoms. The lowest BCUT2D eigenvalue weighted by Crippen LogP contribution is -2.11. The summed E-state index contributed by atoms with van der Waals surface area (Å²) < 4.78 is 10.3. The fraction of sp³-hybridized carbons (Fsp3) is 0.600. The van der Waals surface area contributed by atoms with Crippen LogP contribution in [0.25, 0.3) is 0 Å². The van der Waals surface area contributed by atoms with Gasteiger partial charge >= 0.3 is 5.69 Å². The van der Waals surface area contributed by atoms with Crippen LogP contribution in [0.5, 0.6) is 5.88 Å². The van der Waals surface area contributed by atoms with Crippen LogP contribution in [-0.2, 0) is 4.74 Å². The van der Waals surface area contributed by atoms with Crippen LogP contribution in [0.15, 0.2) is 6.33 Å². The van der Waals surface area contributed by atoms with Gasteiger partial charge in [0.15, 0.2) is 0 Å². The Bertz CT molecular complexity index is 399. The first kappa shape index (κ1) is 14.1. The maximum atomic E-state index is 11.0. The summed E-state index contributed by atoms with van der Waals surface area (Å²) in [4.78, 5) is 18.0. The molecule has 0 saturated carbocycles. The van der Waals surface area contributed by atoms with E-state index in [4.69, 9.17) is 9.47 Å². The molecule has 1 heterocycles. The summed E-state index contributed by atoms with van der Waals surface area (Å²) >= 11 is 0. The number of aromatic nitrogens is 2. The second kappa shape index (κ2) is 7.38. The van der Waals surface area contributed by atoms with Crippen LogP contribution < -0.4 is 10.1 Å². The van der Waals surface area contributed by atoms with Gasteiger partial charge in [-0.05, 0) is 13.8 Å². The maximum Gasteiger partial charge on any atom is 0.372 e. The van der Waals surface area contributed by atoms with E-state index in [2.05, 4.69) is 15.3 Å². The van der Waals surface area contributed by atoms with Gasteiger partial charge in [0.1, 0.15) is 12.9 Å². The molecule has 0 aliphatic rings. The average Bonchev–Trinajstić information content (AvgIpc) is 2.35. The third kappa shape index (κ3) is 3.81. The molecule has 0 aliphatic heterocycles. The predicted octanol–water partition coefficient (Wildman–Crippen LogP) is 1.23. The van der Waals surface area contributed by atoms with E-state index < -0.39 is 4.92 Å². The fourth-order valence-electron chi connectivity index (χ4n) is 1.27. The van der Waals surface area contributed by atoms with Crippen molar-refractivity contribution in [2.24, 2.45) is 0 Å². The lowest BCUT2D eigenvalue weighted by atomic mass is 10.4. The van der Waals surface area contributed by atoms with Crippen molar-refractivity contribution in [2.75, 3.05) is 31.7 Å². The van der Waals surface area contributed by atoms with Crippen molar-refractivity contribution in [2.45, 2.75) is 13.8 Å². The zero-order valence-electron chi connectivity index (χ0n) is 10.4. The Hall–Kier alpha value is -1.96. The zero-order valence-corrected chi connectivity index (χ0v) is 10.4. The number of nitro groups is 1. The van der Waals surface area contributed by atoms with E-state index in [1.54, 1.807) is 0 Å². The summed E-state index contributed by atoms with van der Waals surface area (Å²) in [5.41, 5.74) is -0.254. The summed E-state index contributed by atoms with van der Waals surface area (Å²) in [6.07, 6.45) is 1.22. The molecule has 1 rings (SSSR count). The molecule has 0 bridgehead atoms. The third-order valence-electron chi connectivity index (χ3n) is 1.99. The van der Waals surface area contributed by atoms with Crippen molar-refractivity contribution in [3.05, 3.63) is 16.4 Å². The lowest BCUT2D eigenvalue weighted by molar-refractivity contribution is -0.385. The lowest BCUT2D eigenvalue weighted by Gasteiger charge is -2.08. The molecule has 0 unspecified atom stereocenters. The smallest absolute Gasteiger partial charge is 0.372 e. The van der Waals surface area contributed by atoms with E-state index in [1.165, 1.54) is 6.33 Å². The van der Waals surface area contributed by atoms with E-state index in [0.717, 1.165) is 0 Å². The Labute approximate surface area is 104 Å². The number of hydrogen-bond acceptors (Lipinski definition) is 7. The summed E-state index contributed by atoms with van der Waals surface area (Å²) in [7, 11) is 0. The van der Waals surface area contributed by atoms with E-state index in [1.807, 2.05) is 13.8 Å². The van der Waals surface area contributed by atoms with Crippen molar-refractivity contribution in [3.63, 3.8) is 0 Å². The first-order chi connectivity index (χ1) is 8.70. The number of anilines is 1. The summed E-state index contributed by atoms with van der Waals surface area (Å²) in [5, 5.41) is 13.8. The highest BCUT2D eigenvalue weighted by Gasteiger charge is 2.23. The van der Waals surface area contributed by atoms with Gasteiger partial charge in [-0.15, -0.1) is 0 Å². The van der Waals surface area contributed by atoms with Gasteiger partial charge in [-0.1, -0.05) is 0 Å². The van der Waals surface area contributed by atoms with Crippen LogP contribution in [0.2, 0.25) is 0 Å². The monoisotopic (exact) mass is 256 g/mol. The van der Waals surface area contributed by atoms with Crippen molar-refractivity contribution in [1.29, 1.82) is 0 Å². The highest BCUT2D eigenvalue weighted by atomic mass is 16.6. The maximum absolute atomic E-state index is 11.0. The van der Waals surface area contributed by atoms with Gasteiger partial charge < -0.3 is 14.8 Å². The molecular weight excluding hydrogens is 240 g/mol. The topological polar surface area (TPSA) is 99.4 Å². The van der Waals surface area contributed by atoms with Crippen LogP contribution in [-0.4, -0.2) is 41.3 Å². The molecule has 18 heavy (non-hydrogen) atoms. The largest absolute Gasteiger partial charge is 0.470 e. The van der Waals surface area contributed by atoms with Crippen molar-refractivity contribution < 1.29 is 14.4 Å². The first-order valence-electron chi connectivity index (χ1n) is 5.64. The van der Waals surface area contributed by atoms with Gasteiger partial charge in [-0.2, -0.15) is 4.98 Å². The molecule has 1 aromatic rings. The number of nitrogens with zero attached hydrogens (tertiary/aromatic N) is 3. The third-order valence-corrected chi connectivity index (χ3v) is 1.99. The quantitative estimate of drug-likeness (QED) is 0.424. The molecule has 0 fully saturated rings. The minimum absolute atomic E-state index is 0.0503. The molecule has 1 aromatic heterocycles.